The van der Waals surface area contributed by atoms with Crippen molar-refractivity contribution < 1.29 is 17.9 Å². The highest BCUT2D eigenvalue weighted by Gasteiger charge is 2.25. The topological polar surface area (TPSA) is 115 Å². The summed E-state index contributed by atoms with van der Waals surface area (Å²) in [6, 6.07) is 28.2. The molecule has 1 aromatic heterocycles. The van der Waals surface area contributed by atoms with Crippen LogP contribution in [-0.2, 0) is 21.2 Å². The molecule has 0 spiro atoms. The van der Waals surface area contributed by atoms with Crippen LogP contribution < -0.4 is 15.4 Å². The van der Waals surface area contributed by atoms with Gasteiger partial charge in [0.15, 0.2) is 11.0 Å². The van der Waals surface area contributed by atoms with E-state index in [0.29, 0.717) is 28.1 Å². The van der Waals surface area contributed by atoms with Crippen LogP contribution in [0.4, 0.5) is 11.4 Å². The lowest BCUT2D eigenvalue weighted by Gasteiger charge is -2.15. The van der Waals surface area contributed by atoms with Crippen LogP contribution in [0, 0.1) is 6.92 Å². The lowest BCUT2D eigenvalue weighted by molar-refractivity contribution is -0.113. The summed E-state index contributed by atoms with van der Waals surface area (Å²) < 4.78 is 34.4. The van der Waals surface area contributed by atoms with Gasteiger partial charge in [-0.2, -0.15) is 0 Å². The van der Waals surface area contributed by atoms with Crippen LogP contribution in [0.2, 0.25) is 5.02 Å². The van der Waals surface area contributed by atoms with Crippen molar-refractivity contribution in [3.63, 3.8) is 0 Å². The third-order valence-electron chi connectivity index (χ3n) is 6.43. The number of para-hydroxylation sites is 3. The van der Waals surface area contributed by atoms with E-state index in [0.717, 1.165) is 11.3 Å². The van der Waals surface area contributed by atoms with E-state index in [1.807, 2.05) is 54.0 Å². The summed E-state index contributed by atoms with van der Waals surface area (Å²) >= 11 is 7.68. The molecule has 0 fully saturated rings. The van der Waals surface area contributed by atoms with Crippen molar-refractivity contribution in [2.75, 3.05) is 23.5 Å². The summed E-state index contributed by atoms with van der Waals surface area (Å²) in [6.45, 7) is 2.02. The molecule has 12 heteroatoms. The fraction of sp³-hybridized carbons (Fsp3) is 0.129. The number of nitrogens with one attached hydrogen (secondary N) is 2. The van der Waals surface area contributed by atoms with Gasteiger partial charge in [-0.05, 0) is 55.5 Å². The monoisotopic (exact) mass is 633 g/mol. The number of aryl methyl sites for hydroxylation is 1. The van der Waals surface area contributed by atoms with Gasteiger partial charge in [0.25, 0.3) is 0 Å². The van der Waals surface area contributed by atoms with Crippen molar-refractivity contribution >= 4 is 50.5 Å². The van der Waals surface area contributed by atoms with Gasteiger partial charge < -0.3 is 15.4 Å². The number of benzene rings is 4. The van der Waals surface area contributed by atoms with Gasteiger partial charge in [0.05, 0.1) is 40.7 Å². The molecule has 1 heterocycles. The van der Waals surface area contributed by atoms with Crippen molar-refractivity contribution in [1.29, 1.82) is 0 Å². The number of halogens is 1. The molecule has 2 N–H and O–H groups in total. The number of aromatic nitrogens is 3. The van der Waals surface area contributed by atoms with Gasteiger partial charge in [-0.25, -0.2) is 8.42 Å². The molecule has 9 nitrogen and oxygen atoms in total. The molecule has 0 atom stereocenters. The summed E-state index contributed by atoms with van der Waals surface area (Å²) in [5.41, 5.74) is 2.64. The summed E-state index contributed by atoms with van der Waals surface area (Å²) in [7, 11) is -2.38. The van der Waals surface area contributed by atoms with Crippen LogP contribution in [0.3, 0.4) is 0 Å². The Morgan fingerprint density at radius 1 is 0.907 bits per heavy atom. The Kier molecular flexibility index (Phi) is 9.34. The summed E-state index contributed by atoms with van der Waals surface area (Å²) in [5, 5.41) is 15.4. The van der Waals surface area contributed by atoms with Gasteiger partial charge in [-0.1, -0.05) is 77.5 Å². The molecule has 0 radical (unpaired) electrons. The highest BCUT2D eigenvalue weighted by molar-refractivity contribution is 7.99. The Morgan fingerprint density at radius 3 is 2.35 bits per heavy atom. The number of methoxy groups -OCH3 is 1. The fourth-order valence-electron chi connectivity index (χ4n) is 4.34. The molecule has 5 rings (SSSR count). The number of ether oxygens (including phenoxy) is 1. The molecule has 0 aliphatic carbocycles. The first-order valence-electron chi connectivity index (χ1n) is 13.2. The molecule has 1 amide bonds. The minimum Gasteiger partial charge on any atom is -0.495 e. The summed E-state index contributed by atoms with van der Waals surface area (Å²) in [4.78, 5) is 12.9. The van der Waals surface area contributed by atoms with E-state index in [1.54, 1.807) is 61.7 Å². The number of carbonyl (C=O) groups excluding carboxylic acids is 1. The first-order chi connectivity index (χ1) is 20.8. The van der Waals surface area contributed by atoms with Crippen molar-refractivity contribution in [1.82, 2.24) is 14.8 Å². The van der Waals surface area contributed by atoms with Gasteiger partial charge in [-0.15, -0.1) is 10.2 Å². The van der Waals surface area contributed by atoms with Gasteiger partial charge >= 0.3 is 0 Å². The Labute approximate surface area is 259 Å². The predicted octanol–water partition coefficient (Wildman–Crippen LogP) is 6.41. The molecule has 0 aliphatic heterocycles. The molecule has 4 aromatic carbocycles. The Morgan fingerprint density at radius 2 is 1.60 bits per heavy atom. The van der Waals surface area contributed by atoms with Crippen LogP contribution in [0.5, 0.6) is 5.75 Å². The van der Waals surface area contributed by atoms with Gasteiger partial charge in [0, 0.05) is 5.69 Å². The van der Waals surface area contributed by atoms with Crippen LogP contribution in [0.25, 0.3) is 5.69 Å². The van der Waals surface area contributed by atoms with Gasteiger partial charge in [-0.3, -0.25) is 9.36 Å². The van der Waals surface area contributed by atoms with E-state index in [1.165, 1.54) is 11.8 Å². The molecule has 0 bridgehead atoms. The van der Waals surface area contributed by atoms with E-state index in [9.17, 15) is 13.2 Å². The second kappa shape index (κ2) is 13.3. The zero-order valence-corrected chi connectivity index (χ0v) is 25.7. The smallest absolute Gasteiger partial charge is 0.234 e. The van der Waals surface area contributed by atoms with Crippen molar-refractivity contribution in [3.05, 3.63) is 113 Å². The standard InChI is InChI=1S/C31H28ClN5O4S2/c1-21-15-17-23(18-16-21)43(39,40)30-24(32)11-8-13-26(30)33-19-28-35-36-31(37(28)22-9-4-3-5-10-22)42-20-29(38)34-25-12-6-7-14-27(25)41-2/h3-18,33H,19-20H2,1-2H3,(H,34,38). The number of nitrogens with zero attached hydrogens (tertiary/aromatic N) is 3. The maximum Gasteiger partial charge on any atom is 0.234 e. The van der Waals surface area contributed by atoms with E-state index in [2.05, 4.69) is 20.8 Å². The normalized spacial score (nSPS) is 11.2. The number of sulfone groups is 1. The predicted molar refractivity (Wildman–Crippen MR) is 169 cm³/mol. The Bertz CT molecular complexity index is 1850. The molecular formula is C31H28ClN5O4S2. The molecule has 0 aliphatic rings. The summed E-state index contributed by atoms with van der Waals surface area (Å²) in [6.07, 6.45) is 0. The molecule has 0 unspecified atom stereocenters. The number of anilines is 2. The summed E-state index contributed by atoms with van der Waals surface area (Å²) in [5.74, 6) is 0.912. The molecular weight excluding hydrogens is 606 g/mol. The quantitative estimate of drug-likeness (QED) is 0.160. The highest BCUT2D eigenvalue weighted by atomic mass is 35.5. The van der Waals surface area contributed by atoms with Crippen LogP contribution in [0.15, 0.2) is 112 Å². The molecule has 5 aromatic rings. The molecule has 0 saturated heterocycles. The Balaban J connectivity index is 1.39. The average molecular weight is 634 g/mol. The highest BCUT2D eigenvalue weighted by Crippen LogP contribution is 2.34. The van der Waals surface area contributed by atoms with Crippen LogP contribution in [0.1, 0.15) is 11.4 Å². The third kappa shape index (κ3) is 6.85. The van der Waals surface area contributed by atoms with E-state index >= 15 is 0 Å². The SMILES string of the molecule is COc1ccccc1NC(=O)CSc1nnc(CNc2cccc(Cl)c2S(=O)(=O)c2ccc(C)cc2)n1-c1ccccc1. The molecule has 0 saturated carbocycles. The zero-order chi connectivity index (χ0) is 30.4. The first-order valence-corrected chi connectivity index (χ1v) is 16.0. The maximum atomic E-state index is 13.6. The number of hydrogen-bond acceptors (Lipinski definition) is 8. The number of amides is 1. The number of thioether (sulfide) groups is 1. The van der Waals surface area contributed by atoms with E-state index in [-0.39, 0.29) is 33.0 Å². The number of hydrogen-bond donors (Lipinski definition) is 2. The van der Waals surface area contributed by atoms with Crippen LogP contribution >= 0.6 is 23.4 Å². The fourth-order valence-corrected chi connectivity index (χ4v) is 7.07. The molecule has 43 heavy (non-hydrogen) atoms. The number of carbonyl (C=O) groups is 1. The number of rotatable bonds is 11. The zero-order valence-electron chi connectivity index (χ0n) is 23.3. The lowest BCUT2D eigenvalue weighted by atomic mass is 10.2. The lowest BCUT2D eigenvalue weighted by Crippen LogP contribution is -2.15. The third-order valence-corrected chi connectivity index (χ3v) is 9.66. The van der Waals surface area contributed by atoms with Crippen molar-refractivity contribution in [2.24, 2.45) is 0 Å². The second-order valence-electron chi connectivity index (χ2n) is 9.39. The van der Waals surface area contributed by atoms with Crippen LogP contribution in [-0.4, -0.2) is 42.0 Å². The minimum atomic E-state index is -3.92. The largest absolute Gasteiger partial charge is 0.495 e. The van der Waals surface area contributed by atoms with E-state index in [4.69, 9.17) is 16.3 Å². The Hall–Kier alpha value is -4.32. The van der Waals surface area contributed by atoms with E-state index < -0.39 is 9.84 Å². The van der Waals surface area contributed by atoms with Crippen molar-refractivity contribution in [2.45, 2.75) is 28.4 Å². The van der Waals surface area contributed by atoms with Crippen molar-refractivity contribution in [3.8, 4) is 11.4 Å². The van der Waals surface area contributed by atoms with Gasteiger partial charge in [0.1, 0.15) is 10.6 Å². The molecule has 220 valence electrons. The first kappa shape index (κ1) is 30.1. The maximum absolute atomic E-state index is 13.6. The average Bonchev–Trinajstić information content (AvgIpc) is 3.42. The second-order valence-corrected chi connectivity index (χ2v) is 12.6. The minimum absolute atomic E-state index is 0.0195. The van der Waals surface area contributed by atoms with Gasteiger partial charge in [0.2, 0.25) is 15.7 Å².